The van der Waals surface area contributed by atoms with Gasteiger partial charge in [-0.3, -0.25) is 0 Å². The average molecular weight is 310 g/mol. The van der Waals surface area contributed by atoms with Crippen LogP contribution in [0.1, 0.15) is 12.8 Å². The summed E-state index contributed by atoms with van der Waals surface area (Å²) in [7, 11) is 0. The maximum absolute atomic E-state index is 5.72. The van der Waals surface area contributed by atoms with E-state index in [1.165, 1.54) is 0 Å². The smallest absolute Gasteiger partial charge is 0.223 e. The molecule has 0 aromatic carbocycles. The second-order valence-corrected chi connectivity index (χ2v) is 5.44. The van der Waals surface area contributed by atoms with Crippen LogP contribution >= 0.6 is 39.3 Å². The SMILES string of the molecule is Clc1ncc(Br)c(SCC2CCCO2)n1. The zero-order valence-corrected chi connectivity index (χ0v) is 11.1. The van der Waals surface area contributed by atoms with Crippen LogP contribution in [-0.4, -0.2) is 28.4 Å². The first-order valence-corrected chi connectivity index (χ1v) is 6.84. The van der Waals surface area contributed by atoms with Crippen LogP contribution in [0.2, 0.25) is 5.28 Å². The van der Waals surface area contributed by atoms with Crippen molar-refractivity contribution in [1.29, 1.82) is 0 Å². The standard InChI is InChI=1S/C9H10BrClN2OS/c10-7-4-12-9(11)13-8(7)15-5-6-2-1-3-14-6/h4,6H,1-3,5H2. The van der Waals surface area contributed by atoms with Gasteiger partial charge in [0.05, 0.1) is 10.6 Å². The van der Waals surface area contributed by atoms with E-state index in [1.54, 1.807) is 18.0 Å². The third-order valence-electron chi connectivity index (χ3n) is 2.11. The van der Waals surface area contributed by atoms with Gasteiger partial charge in [-0.15, -0.1) is 11.8 Å². The van der Waals surface area contributed by atoms with E-state index in [0.29, 0.717) is 6.10 Å². The molecule has 1 saturated heterocycles. The third-order valence-corrected chi connectivity index (χ3v) is 4.26. The van der Waals surface area contributed by atoms with Gasteiger partial charge in [0, 0.05) is 18.6 Å². The minimum atomic E-state index is 0.285. The number of thioether (sulfide) groups is 1. The molecule has 0 bridgehead atoms. The molecule has 1 atom stereocenters. The normalized spacial score (nSPS) is 20.8. The largest absolute Gasteiger partial charge is 0.377 e. The molecular formula is C9H10BrClN2OS. The van der Waals surface area contributed by atoms with Crippen molar-refractivity contribution in [2.45, 2.75) is 24.0 Å². The number of hydrogen-bond donors (Lipinski definition) is 0. The van der Waals surface area contributed by atoms with E-state index in [0.717, 1.165) is 34.7 Å². The van der Waals surface area contributed by atoms with Gasteiger partial charge in [0.2, 0.25) is 5.28 Å². The van der Waals surface area contributed by atoms with E-state index in [9.17, 15) is 0 Å². The summed E-state index contributed by atoms with van der Waals surface area (Å²) in [4.78, 5) is 8.03. The van der Waals surface area contributed by atoms with Gasteiger partial charge in [0.1, 0.15) is 5.03 Å². The highest BCUT2D eigenvalue weighted by Gasteiger charge is 2.16. The van der Waals surface area contributed by atoms with E-state index < -0.39 is 0 Å². The summed E-state index contributed by atoms with van der Waals surface area (Å²) in [6.07, 6.45) is 4.34. The Bertz CT molecular complexity index is 347. The molecule has 1 aromatic rings. The minimum Gasteiger partial charge on any atom is -0.377 e. The Kier molecular flexibility index (Phi) is 4.25. The van der Waals surface area contributed by atoms with E-state index >= 15 is 0 Å². The van der Waals surface area contributed by atoms with Gasteiger partial charge in [-0.1, -0.05) is 0 Å². The van der Waals surface area contributed by atoms with Crippen LogP contribution in [0, 0.1) is 0 Å². The molecule has 2 rings (SSSR count). The molecule has 0 aliphatic carbocycles. The van der Waals surface area contributed by atoms with Crippen molar-refractivity contribution in [1.82, 2.24) is 9.97 Å². The van der Waals surface area contributed by atoms with E-state index in [1.807, 2.05) is 0 Å². The molecule has 0 saturated carbocycles. The lowest BCUT2D eigenvalue weighted by Crippen LogP contribution is -2.08. The number of nitrogens with zero attached hydrogens (tertiary/aromatic N) is 2. The van der Waals surface area contributed by atoms with Crippen molar-refractivity contribution in [3.05, 3.63) is 16.0 Å². The number of ether oxygens (including phenoxy) is 1. The molecule has 1 aliphatic rings. The summed E-state index contributed by atoms with van der Waals surface area (Å²) in [5.74, 6) is 0.923. The summed E-state index contributed by atoms with van der Waals surface area (Å²) < 4.78 is 6.42. The van der Waals surface area contributed by atoms with Crippen LogP contribution in [0.15, 0.2) is 15.7 Å². The quantitative estimate of drug-likeness (QED) is 0.488. The van der Waals surface area contributed by atoms with Gasteiger partial charge in [-0.25, -0.2) is 9.97 Å². The molecular weight excluding hydrogens is 300 g/mol. The fourth-order valence-corrected chi connectivity index (χ4v) is 3.05. The maximum Gasteiger partial charge on any atom is 0.223 e. The number of aromatic nitrogens is 2. The molecule has 2 heterocycles. The summed E-state index contributed by atoms with van der Waals surface area (Å²) in [6.45, 7) is 0.886. The Labute approximate surface area is 106 Å². The van der Waals surface area contributed by atoms with E-state index in [2.05, 4.69) is 25.9 Å². The van der Waals surface area contributed by atoms with Crippen molar-refractivity contribution in [3.8, 4) is 0 Å². The lowest BCUT2D eigenvalue weighted by Gasteiger charge is -2.08. The minimum absolute atomic E-state index is 0.285. The average Bonchev–Trinajstić information content (AvgIpc) is 2.72. The maximum atomic E-state index is 5.72. The predicted octanol–water partition coefficient (Wildman–Crippen LogP) is 3.16. The van der Waals surface area contributed by atoms with Crippen LogP contribution in [0.5, 0.6) is 0 Å². The first kappa shape index (κ1) is 11.6. The van der Waals surface area contributed by atoms with E-state index in [-0.39, 0.29) is 5.28 Å². The Balaban J connectivity index is 1.94. The summed E-state index contributed by atoms with van der Waals surface area (Å²) in [5.41, 5.74) is 0. The van der Waals surface area contributed by atoms with Crippen molar-refractivity contribution in [2.75, 3.05) is 12.4 Å². The second-order valence-electron chi connectivity index (χ2n) is 3.24. The molecule has 0 spiro atoms. The molecule has 0 N–H and O–H groups in total. The topological polar surface area (TPSA) is 35.0 Å². The van der Waals surface area contributed by atoms with Gasteiger partial charge in [-0.2, -0.15) is 0 Å². The van der Waals surface area contributed by atoms with Crippen LogP contribution in [0.4, 0.5) is 0 Å². The number of hydrogen-bond acceptors (Lipinski definition) is 4. The fraction of sp³-hybridized carbons (Fsp3) is 0.556. The van der Waals surface area contributed by atoms with Gasteiger partial charge in [0.25, 0.3) is 0 Å². The van der Waals surface area contributed by atoms with Gasteiger partial charge in [-0.05, 0) is 40.4 Å². The molecule has 3 nitrogen and oxygen atoms in total. The number of halogens is 2. The molecule has 0 radical (unpaired) electrons. The fourth-order valence-electron chi connectivity index (χ4n) is 1.38. The molecule has 15 heavy (non-hydrogen) atoms. The van der Waals surface area contributed by atoms with Gasteiger partial charge < -0.3 is 4.74 Å². The molecule has 1 fully saturated rings. The Hall–Kier alpha value is 0.160. The highest BCUT2D eigenvalue weighted by atomic mass is 79.9. The van der Waals surface area contributed by atoms with Crippen LogP contribution in [0.25, 0.3) is 0 Å². The summed E-state index contributed by atoms with van der Waals surface area (Å²) >= 11 is 10.8. The lowest BCUT2D eigenvalue weighted by molar-refractivity contribution is 0.129. The molecule has 6 heteroatoms. The summed E-state index contributed by atoms with van der Waals surface area (Å²) in [6, 6.07) is 0. The third kappa shape index (κ3) is 3.31. The highest BCUT2D eigenvalue weighted by molar-refractivity contribution is 9.10. The Morgan fingerprint density at radius 3 is 3.27 bits per heavy atom. The highest BCUT2D eigenvalue weighted by Crippen LogP contribution is 2.28. The van der Waals surface area contributed by atoms with Crippen molar-refractivity contribution in [2.24, 2.45) is 0 Å². The van der Waals surface area contributed by atoms with Crippen molar-refractivity contribution in [3.63, 3.8) is 0 Å². The first-order chi connectivity index (χ1) is 7.25. The van der Waals surface area contributed by atoms with Crippen LogP contribution < -0.4 is 0 Å². The molecule has 1 aliphatic heterocycles. The lowest BCUT2D eigenvalue weighted by atomic mass is 10.3. The number of rotatable bonds is 3. The van der Waals surface area contributed by atoms with Crippen LogP contribution in [0.3, 0.4) is 0 Å². The molecule has 1 unspecified atom stereocenters. The van der Waals surface area contributed by atoms with Gasteiger partial charge >= 0.3 is 0 Å². The zero-order chi connectivity index (χ0) is 10.7. The van der Waals surface area contributed by atoms with Crippen molar-refractivity contribution < 1.29 is 4.74 Å². The van der Waals surface area contributed by atoms with Crippen LogP contribution in [-0.2, 0) is 4.74 Å². The van der Waals surface area contributed by atoms with Gasteiger partial charge in [0.15, 0.2) is 0 Å². The van der Waals surface area contributed by atoms with E-state index in [4.69, 9.17) is 16.3 Å². The molecule has 1 aromatic heterocycles. The Morgan fingerprint density at radius 1 is 1.67 bits per heavy atom. The zero-order valence-electron chi connectivity index (χ0n) is 7.95. The second kappa shape index (κ2) is 5.48. The predicted molar refractivity (Wildman–Crippen MR) is 64.4 cm³/mol. The summed E-state index contributed by atoms with van der Waals surface area (Å²) in [5, 5.41) is 1.17. The monoisotopic (exact) mass is 308 g/mol. The Morgan fingerprint density at radius 2 is 2.53 bits per heavy atom. The molecule has 0 amide bonds. The molecule has 82 valence electrons. The first-order valence-electron chi connectivity index (χ1n) is 4.68. The van der Waals surface area contributed by atoms with Crippen molar-refractivity contribution >= 4 is 39.3 Å².